The number of likely N-dealkylation sites (tertiary alicyclic amines) is 1. The first-order valence-corrected chi connectivity index (χ1v) is 10.2. The van der Waals surface area contributed by atoms with E-state index in [1.807, 2.05) is 11.0 Å². The summed E-state index contributed by atoms with van der Waals surface area (Å²) in [4.78, 5) is 32.4. The highest BCUT2D eigenvalue weighted by molar-refractivity contribution is 7.14. The summed E-state index contributed by atoms with van der Waals surface area (Å²) in [5, 5.41) is 13.2. The van der Waals surface area contributed by atoms with Gasteiger partial charge in [-0.15, -0.1) is 22.7 Å². The molecule has 0 unspecified atom stereocenters. The standard InChI is InChI=1S/C17H21N3O4S2/c21-7-9-24-8-5-18-16(22)15-4-3-14(26-15)13-2-1-6-20(13)17(23)12-10-25-11-19-12/h3-4,10-11,13,21H,1-2,5-9H2,(H,18,22)/t13-/m1/s1. The number of aliphatic hydroxyl groups excluding tert-OH is 1. The molecule has 1 fully saturated rings. The van der Waals surface area contributed by atoms with E-state index >= 15 is 0 Å². The average Bonchev–Trinajstić information content (AvgIpc) is 3.41. The third kappa shape index (κ3) is 4.47. The maximum Gasteiger partial charge on any atom is 0.273 e. The van der Waals surface area contributed by atoms with E-state index in [0.29, 0.717) is 30.3 Å². The number of nitrogens with zero attached hydrogens (tertiary/aromatic N) is 2. The van der Waals surface area contributed by atoms with Crippen molar-refractivity contribution in [3.05, 3.63) is 38.5 Å². The van der Waals surface area contributed by atoms with Crippen LogP contribution in [0, 0.1) is 0 Å². The molecular weight excluding hydrogens is 374 g/mol. The Morgan fingerprint density at radius 3 is 3.04 bits per heavy atom. The topological polar surface area (TPSA) is 91.8 Å². The molecule has 9 heteroatoms. The molecule has 0 spiro atoms. The van der Waals surface area contributed by atoms with Gasteiger partial charge in [-0.05, 0) is 25.0 Å². The summed E-state index contributed by atoms with van der Waals surface area (Å²) in [6.07, 6.45) is 1.84. The van der Waals surface area contributed by atoms with Crippen molar-refractivity contribution in [3.8, 4) is 0 Å². The van der Waals surface area contributed by atoms with Gasteiger partial charge >= 0.3 is 0 Å². The minimum atomic E-state index is -0.149. The first kappa shape index (κ1) is 19.0. The zero-order chi connectivity index (χ0) is 18.4. The zero-order valence-electron chi connectivity index (χ0n) is 14.2. The second-order valence-electron chi connectivity index (χ2n) is 5.82. The number of hydrogen-bond acceptors (Lipinski definition) is 7. The minimum absolute atomic E-state index is 0.00337. The number of carbonyl (C=O) groups is 2. The molecule has 0 saturated carbocycles. The molecule has 0 aromatic carbocycles. The number of carbonyl (C=O) groups excluding carboxylic acids is 2. The number of aromatic nitrogens is 1. The fraction of sp³-hybridized carbons (Fsp3) is 0.471. The third-order valence-corrected chi connectivity index (χ3v) is 5.88. The molecule has 3 rings (SSSR count). The van der Waals surface area contributed by atoms with Crippen LogP contribution in [0.1, 0.15) is 43.9 Å². The lowest BCUT2D eigenvalue weighted by Crippen LogP contribution is -2.30. The smallest absolute Gasteiger partial charge is 0.273 e. The molecule has 2 amide bonds. The predicted molar refractivity (Wildman–Crippen MR) is 99.7 cm³/mol. The molecule has 2 aromatic heterocycles. The summed E-state index contributed by atoms with van der Waals surface area (Å²) in [5.74, 6) is -0.196. The molecular formula is C17H21N3O4S2. The molecule has 1 aliphatic rings. The number of amides is 2. The van der Waals surface area contributed by atoms with Gasteiger partial charge in [-0.25, -0.2) is 4.98 Å². The number of thiophene rings is 1. The maximum atomic E-state index is 12.6. The van der Waals surface area contributed by atoms with Gasteiger partial charge in [0.05, 0.1) is 36.3 Å². The Morgan fingerprint density at radius 1 is 1.38 bits per heavy atom. The first-order chi connectivity index (χ1) is 12.7. The zero-order valence-corrected chi connectivity index (χ0v) is 15.9. The Bertz CT molecular complexity index is 732. The van der Waals surface area contributed by atoms with Crippen molar-refractivity contribution in [3.63, 3.8) is 0 Å². The van der Waals surface area contributed by atoms with Crippen LogP contribution in [0.2, 0.25) is 0 Å². The highest BCUT2D eigenvalue weighted by atomic mass is 32.1. The number of rotatable bonds is 8. The van der Waals surface area contributed by atoms with E-state index < -0.39 is 0 Å². The largest absolute Gasteiger partial charge is 0.394 e. The van der Waals surface area contributed by atoms with Gasteiger partial charge < -0.3 is 20.1 Å². The number of aliphatic hydroxyl groups is 1. The van der Waals surface area contributed by atoms with E-state index in [0.717, 1.165) is 17.7 Å². The molecule has 140 valence electrons. The van der Waals surface area contributed by atoms with Crippen LogP contribution in [-0.2, 0) is 4.74 Å². The predicted octanol–water partition coefficient (Wildman–Crippen LogP) is 1.92. The van der Waals surface area contributed by atoms with Gasteiger partial charge in [0.25, 0.3) is 11.8 Å². The van der Waals surface area contributed by atoms with Crippen LogP contribution >= 0.6 is 22.7 Å². The van der Waals surface area contributed by atoms with Crippen LogP contribution in [0.4, 0.5) is 0 Å². The first-order valence-electron chi connectivity index (χ1n) is 8.46. The number of hydrogen-bond donors (Lipinski definition) is 2. The van der Waals surface area contributed by atoms with Crippen LogP contribution in [0.15, 0.2) is 23.0 Å². The van der Waals surface area contributed by atoms with Gasteiger partial charge in [0.2, 0.25) is 0 Å². The SMILES string of the molecule is O=C(NCCOCCO)c1ccc([C@H]2CCCN2C(=O)c2cscn2)s1. The Morgan fingerprint density at radius 2 is 2.27 bits per heavy atom. The molecule has 0 aliphatic carbocycles. The summed E-state index contributed by atoms with van der Waals surface area (Å²) in [6.45, 7) is 1.71. The molecule has 0 bridgehead atoms. The molecule has 0 radical (unpaired) electrons. The van der Waals surface area contributed by atoms with Crippen molar-refractivity contribution in [2.75, 3.05) is 32.9 Å². The number of thiazole rings is 1. The summed E-state index contributed by atoms with van der Waals surface area (Å²) in [7, 11) is 0. The highest BCUT2D eigenvalue weighted by Crippen LogP contribution is 2.36. The van der Waals surface area contributed by atoms with Gasteiger partial charge in [-0.2, -0.15) is 0 Å². The van der Waals surface area contributed by atoms with Gasteiger partial charge in [0.1, 0.15) is 5.69 Å². The van der Waals surface area contributed by atoms with E-state index in [2.05, 4.69) is 10.3 Å². The highest BCUT2D eigenvalue weighted by Gasteiger charge is 2.32. The van der Waals surface area contributed by atoms with Crippen molar-refractivity contribution >= 4 is 34.5 Å². The third-order valence-electron chi connectivity index (χ3n) is 4.11. The summed E-state index contributed by atoms with van der Waals surface area (Å²) >= 11 is 2.83. The van der Waals surface area contributed by atoms with Crippen LogP contribution < -0.4 is 5.32 Å². The monoisotopic (exact) mass is 395 g/mol. The molecule has 1 aliphatic heterocycles. The maximum absolute atomic E-state index is 12.6. The van der Waals surface area contributed by atoms with Crippen LogP contribution in [0.25, 0.3) is 0 Å². The normalized spacial score (nSPS) is 16.8. The van der Waals surface area contributed by atoms with Crippen molar-refractivity contribution in [2.24, 2.45) is 0 Å². The summed E-state index contributed by atoms with van der Waals surface area (Å²) in [6, 6.07) is 3.73. The Labute approximate surface area is 159 Å². The Kier molecular flexibility index (Phi) is 6.73. The van der Waals surface area contributed by atoms with Crippen molar-refractivity contribution in [2.45, 2.75) is 18.9 Å². The van der Waals surface area contributed by atoms with Crippen molar-refractivity contribution in [1.29, 1.82) is 0 Å². The summed E-state index contributed by atoms with van der Waals surface area (Å²) < 4.78 is 5.12. The Hall–Kier alpha value is -1.81. The van der Waals surface area contributed by atoms with Gasteiger partial charge in [-0.1, -0.05) is 0 Å². The lowest BCUT2D eigenvalue weighted by atomic mass is 10.2. The molecule has 26 heavy (non-hydrogen) atoms. The Balaban J connectivity index is 1.59. The molecule has 2 N–H and O–H groups in total. The molecule has 2 aromatic rings. The van der Waals surface area contributed by atoms with Gasteiger partial charge in [-0.3, -0.25) is 9.59 Å². The lowest BCUT2D eigenvalue weighted by Gasteiger charge is -2.23. The lowest BCUT2D eigenvalue weighted by molar-refractivity contribution is 0.0732. The fourth-order valence-corrected chi connectivity index (χ4v) is 4.51. The molecule has 1 saturated heterocycles. The number of ether oxygens (including phenoxy) is 1. The van der Waals surface area contributed by atoms with E-state index in [-0.39, 0.29) is 31.1 Å². The van der Waals surface area contributed by atoms with Crippen molar-refractivity contribution < 1.29 is 19.4 Å². The molecule has 7 nitrogen and oxygen atoms in total. The van der Waals surface area contributed by atoms with Crippen molar-refractivity contribution in [1.82, 2.24) is 15.2 Å². The quantitative estimate of drug-likeness (QED) is 0.667. The molecule has 1 atom stereocenters. The summed E-state index contributed by atoms with van der Waals surface area (Å²) in [5.41, 5.74) is 2.15. The van der Waals surface area contributed by atoms with Crippen LogP contribution in [0.3, 0.4) is 0 Å². The number of nitrogens with one attached hydrogen (secondary N) is 1. The average molecular weight is 396 g/mol. The fourth-order valence-electron chi connectivity index (χ4n) is 2.92. The van der Waals surface area contributed by atoms with Crippen LogP contribution in [0.5, 0.6) is 0 Å². The van der Waals surface area contributed by atoms with Gasteiger partial charge in [0, 0.05) is 23.3 Å². The van der Waals surface area contributed by atoms with Crippen LogP contribution in [-0.4, -0.2) is 59.7 Å². The van der Waals surface area contributed by atoms with E-state index in [4.69, 9.17) is 9.84 Å². The van der Waals surface area contributed by atoms with E-state index in [1.54, 1.807) is 17.0 Å². The van der Waals surface area contributed by atoms with E-state index in [1.165, 1.54) is 22.7 Å². The van der Waals surface area contributed by atoms with Gasteiger partial charge in [0.15, 0.2) is 0 Å². The molecule has 3 heterocycles. The van der Waals surface area contributed by atoms with E-state index in [9.17, 15) is 9.59 Å². The second kappa shape index (κ2) is 9.22. The second-order valence-corrected chi connectivity index (χ2v) is 7.66. The minimum Gasteiger partial charge on any atom is -0.394 e.